The molecule has 6 heteroatoms. The van der Waals surface area contributed by atoms with Gasteiger partial charge in [0.25, 0.3) is 0 Å². The molecular weight excluding hydrogens is 208 g/mol. The zero-order valence-electron chi connectivity index (χ0n) is 9.28. The van der Waals surface area contributed by atoms with Crippen molar-refractivity contribution in [3.63, 3.8) is 0 Å². The summed E-state index contributed by atoms with van der Waals surface area (Å²) in [5.74, 6) is -0.392. The number of H-pyrrole nitrogens is 1. The second-order valence-corrected chi connectivity index (χ2v) is 4.13. The number of aromatic amines is 1. The molecule has 0 saturated heterocycles. The molecule has 1 radical (unpaired) electrons. The normalized spacial score (nSPS) is 13.2. The molecule has 0 aliphatic heterocycles. The zero-order valence-corrected chi connectivity index (χ0v) is 9.28. The first-order chi connectivity index (χ1) is 7.43. The van der Waals surface area contributed by atoms with Crippen LogP contribution in [0, 0.1) is 0 Å². The predicted octanol–water partition coefficient (Wildman–Crippen LogP) is -0.716. The van der Waals surface area contributed by atoms with Crippen LogP contribution in [0.1, 0.15) is 19.5 Å². The molecule has 0 aliphatic rings. The van der Waals surface area contributed by atoms with E-state index in [0.29, 0.717) is 12.1 Å². The Morgan fingerprint density at radius 2 is 2.44 bits per heavy atom. The van der Waals surface area contributed by atoms with Crippen molar-refractivity contribution in [2.24, 2.45) is 5.73 Å². The standard InChI is InChI=1S/C10H15N4O2/c1-10(2,11)9(16)14-8(5-15)3-7-4-12-6-13-7/h4,6,8H,3,11H2,1-2H3,(H,12,13)(H,14,16)/t8-/m0/s1. The Morgan fingerprint density at radius 1 is 1.75 bits per heavy atom. The number of amides is 1. The molecule has 0 unspecified atom stereocenters. The third-order valence-electron chi connectivity index (χ3n) is 2.00. The Hall–Kier alpha value is -1.69. The summed E-state index contributed by atoms with van der Waals surface area (Å²) in [4.78, 5) is 28.9. The molecule has 1 amide bonds. The van der Waals surface area contributed by atoms with Gasteiger partial charge in [-0.1, -0.05) is 0 Å². The van der Waals surface area contributed by atoms with Gasteiger partial charge in [0.1, 0.15) is 6.04 Å². The number of carbonyl (C=O) groups is 1. The van der Waals surface area contributed by atoms with Gasteiger partial charge in [-0.25, -0.2) is 4.98 Å². The Kier molecular flexibility index (Phi) is 3.78. The van der Waals surface area contributed by atoms with E-state index in [1.54, 1.807) is 26.3 Å². The number of imidazole rings is 1. The van der Waals surface area contributed by atoms with Crippen LogP contribution in [-0.2, 0) is 16.0 Å². The monoisotopic (exact) mass is 223 g/mol. The van der Waals surface area contributed by atoms with Crippen LogP contribution in [0.2, 0.25) is 0 Å². The van der Waals surface area contributed by atoms with Crippen molar-refractivity contribution < 1.29 is 9.59 Å². The average molecular weight is 223 g/mol. The highest BCUT2D eigenvalue weighted by Gasteiger charge is 2.25. The molecule has 0 aromatic carbocycles. The fraction of sp³-hybridized carbons (Fsp3) is 0.500. The maximum atomic E-state index is 11.5. The van der Waals surface area contributed by atoms with Crippen LogP contribution < -0.4 is 11.1 Å². The number of hydrogen-bond donors (Lipinski definition) is 3. The van der Waals surface area contributed by atoms with E-state index in [1.165, 1.54) is 6.33 Å². The van der Waals surface area contributed by atoms with Gasteiger partial charge < -0.3 is 16.0 Å². The topological polar surface area (TPSA) is 101 Å². The van der Waals surface area contributed by atoms with Crippen LogP contribution >= 0.6 is 0 Å². The van der Waals surface area contributed by atoms with Gasteiger partial charge in [-0.2, -0.15) is 0 Å². The van der Waals surface area contributed by atoms with Gasteiger partial charge >= 0.3 is 0 Å². The van der Waals surface area contributed by atoms with Crippen molar-refractivity contribution in [2.45, 2.75) is 31.8 Å². The maximum absolute atomic E-state index is 11.5. The van der Waals surface area contributed by atoms with Crippen molar-refractivity contribution in [3.8, 4) is 0 Å². The summed E-state index contributed by atoms with van der Waals surface area (Å²) < 4.78 is 0. The number of nitrogens with two attached hydrogens (primary N) is 1. The number of hydrogen-bond acceptors (Lipinski definition) is 4. The molecule has 1 atom stereocenters. The summed E-state index contributed by atoms with van der Waals surface area (Å²) in [6.45, 7) is 3.14. The highest BCUT2D eigenvalue weighted by Crippen LogP contribution is 2.00. The van der Waals surface area contributed by atoms with Gasteiger partial charge in [-0.05, 0) is 13.8 Å². The first-order valence-electron chi connectivity index (χ1n) is 4.88. The lowest BCUT2D eigenvalue weighted by Gasteiger charge is -2.20. The lowest BCUT2D eigenvalue weighted by molar-refractivity contribution is -0.125. The van der Waals surface area contributed by atoms with Crippen molar-refractivity contribution >= 4 is 12.2 Å². The Morgan fingerprint density at radius 3 is 2.88 bits per heavy atom. The van der Waals surface area contributed by atoms with Crippen molar-refractivity contribution in [3.05, 3.63) is 18.2 Å². The highest BCUT2D eigenvalue weighted by molar-refractivity contribution is 5.87. The van der Waals surface area contributed by atoms with Crippen LogP contribution in [0.5, 0.6) is 0 Å². The van der Waals surface area contributed by atoms with Crippen LogP contribution in [0.15, 0.2) is 12.5 Å². The van der Waals surface area contributed by atoms with Gasteiger partial charge in [-0.15, -0.1) is 0 Å². The molecule has 1 aromatic rings. The molecular formula is C10H15N4O2. The smallest absolute Gasteiger partial charge is 0.240 e. The van der Waals surface area contributed by atoms with E-state index in [-0.39, 0.29) is 0 Å². The van der Waals surface area contributed by atoms with Gasteiger partial charge in [0.05, 0.1) is 17.6 Å². The Bertz CT molecular complexity index is 353. The van der Waals surface area contributed by atoms with E-state index < -0.39 is 17.5 Å². The van der Waals surface area contributed by atoms with E-state index in [4.69, 9.17) is 5.73 Å². The number of carbonyl (C=O) groups excluding carboxylic acids is 2. The third kappa shape index (κ3) is 3.47. The zero-order chi connectivity index (χ0) is 12.2. The number of nitrogens with one attached hydrogen (secondary N) is 2. The second-order valence-electron chi connectivity index (χ2n) is 4.13. The number of rotatable bonds is 5. The second kappa shape index (κ2) is 4.89. The minimum Gasteiger partial charge on any atom is -0.351 e. The lowest BCUT2D eigenvalue weighted by Crippen LogP contribution is -2.53. The molecule has 0 aliphatic carbocycles. The molecule has 0 saturated carbocycles. The molecule has 6 nitrogen and oxygen atoms in total. The highest BCUT2D eigenvalue weighted by atomic mass is 16.2. The first kappa shape index (κ1) is 12.4. The quantitative estimate of drug-likeness (QED) is 0.613. The molecule has 87 valence electrons. The fourth-order valence-electron chi connectivity index (χ4n) is 1.08. The minimum atomic E-state index is -1.01. The molecule has 1 aromatic heterocycles. The molecule has 1 heterocycles. The van der Waals surface area contributed by atoms with Crippen molar-refractivity contribution in [1.29, 1.82) is 0 Å². The van der Waals surface area contributed by atoms with Gasteiger partial charge in [-0.3, -0.25) is 9.59 Å². The van der Waals surface area contributed by atoms with Gasteiger partial charge in [0.15, 0.2) is 0 Å². The van der Waals surface area contributed by atoms with Gasteiger partial charge in [0, 0.05) is 12.6 Å². The van der Waals surface area contributed by atoms with Crippen LogP contribution in [-0.4, -0.2) is 33.7 Å². The summed E-state index contributed by atoms with van der Waals surface area (Å²) in [6, 6.07) is -0.723. The molecule has 0 bridgehead atoms. The largest absolute Gasteiger partial charge is 0.351 e. The maximum Gasteiger partial charge on any atom is 0.240 e. The van der Waals surface area contributed by atoms with E-state index in [2.05, 4.69) is 15.3 Å². The fourth-order valence-corrected chi connectivity index (χ4v) is 1.08. The number of aromatic nitrogens is 2. The number of nitrogens with zero attached hydrogens (tertiary/aromatic N) is 1. The summed E-state index contributed by atoms with van der Waals surface area (Å²) >= 11 is 0. The molecule has 16 heavy (non-hydrogen) atoms. The summed E-state index contributed by atoms with van der Waals surface area (Å²) in [5.41, 5.74) is 5.26. The summed E-state index contributed by atoms with van der Waals surface area (Å²) in [7, 11) is 0. The van der Waals surface area contributed by atoms with Crippen molar-refractivity contribution in [2.75, 3.05) is 0 Å². The molecule has 0 fully saturated rings. The van der Waals surface area contributed by atoms with Crippen molar-refractivity contribution in [1.82, 2.24) is 15.3 Å². The van der Waals surface area contributed by atoms with Crippen LogP contribution in [0.3, 0.4) is 0 Å². The molecule has 4 N–H and O–H groups in total. The third-order valence-corrected chi connectivity index (χ3v) is 2.00. The minimum absolute atomic E-state index is 0.300. The summed E-state index contributed by atoms with van der Waals surface area (Å²) in [5, 5.41) is 2.50. The van der Waals surface area contributed by atoms with E-state index in [1.807, 2.05) is 0 Å². The average Bonchev–Trinajstić information content (AvgIpc) is 2.67. The molecule has 1 rings (SSSR count). The van der Waals surface area contributed by atoms with Crippen LogP contribution in [0.25, 0.3) is 0 Å². The first-order valence-corrected chi connectivity index (χ1v) is 4.88. The SMILES string of the molecule is CC(C)(N)C(=O)N[C@H]([C]=O)Cc1c[nH]cn1. The molecule has 0 spiro atoms. The van der Waals surface area contributed by atoms with Gasteiger partial charge in [0.2, 0.25) is 12.2 Å². The lowest BCUT2D eigenvalue weighted by atomic mass is 10.1. The Labute approximate surface area is 93.6 Å². The van der Waals surface area contributed by atoms with E-state index in [0.717, 1.165) is 0 Å². The predicted molar refractivity (Wildman–Crippen MR) is 58.2 cm³/mol. The van der Waals surface area contributed by atoms with E-state index >= 15 is 0 Å². The van der Waals surface area contributed by atoms with Crippen LogP contribution in [0.4, 0.5) is 0 Å². The Balaban J connectivity index is 2.56. The summed E-state index contributed by atoms with van der Waals surface area (Å²) in [6.07, 6.45) is 5.22. The van der Waals surface area contributed by atoms with E-state index in [9.17, 15) is 9.59 Å².